The Morgan fingerprint density at radius 1 is 1.57 bits per heavy atom. The zero-order valence-corrected chi connectivity index (χ0v) is 9.22. The minimum absolute atomic E-state index is 0.856. The van der Waals surface area contributed by atoms with E-state index in [4.69, 9.17) is 22.9 Å². The maximum Gasteiger partial charge on any atom is 0.229 e. The molecule has 0 N–H and O–H groups in total. The third-order valence-corrected chi connectivity index (χ3v) is 8.69. The summed E-state index contributed by atoms with van der Waals surface area (Å²) < 4.78 is 1.70. The summed E-state index contributed by atoms with van der Waals surface area (Å²) in [6.45, 7) is 3.99. The van der Waals surface area contributed by atoms with Crippen molar-refractivity contribution >= 4 is 40.8 Å². The number of nitrogens with zero attached hydrogens (tertiary/aromatic N) is 1. The first-order valence-corrected chi connectivity index (χ1v) is 7.22. The van der Waals surface area contributed by atoms with Crippen LogP contribution in [0.3, 0.4) is 0 Å². The quantitative estimate of drug-likeness (QED) is 0.321. The molecular formula is C2H9Cl2NSi2. The highest BCUT2D eigenvalue weighted by atomic mass is 35.6. The molecule has 0 amide bonds. The Morgan fingerprint density at radius 3 is 1.71 bits per heavy atom. The Morgan fingerprint density at radius 2 is 1.71 bits per heavy atom. The van der Waals surface area contributed by atoms with Gasteiger partial charge in [-0.1, -0.05) is 0 Å². The topological polar surface area (TPSA) is 3.24 Å². The van der Waals surface area contributed by atoms with Gasteiger partial charge in [-0.05, 0) is 24.9 Å². The van der Waals surface area contributed by atoms with Gasteiger partial charge in [0.05, 0.1) is 10.4 Å². The van der Waals surface area contributed by atoms with Crippen molar-refractivity contribution in [3.63, 3.8) is 0 Å². The molecule has 0 aromatic heterocycles. The summed E-state index contributed by atoms with van der Waals surface area (Å²) in [7, 11) is -0.745. The van der Waals surface area contributed by atoms with E-state index in [-0.39, 0.29) is 0 Å². The van der Waals surface area contributed by atoms with Crippen LogP contribution in [0.4, 0.5) is 0 Å². The van der Waals surface area contributed by atoms with Gasteiger partial charge in [0, 0.05) is 0 Å². The normalized spacial score (nSPS) is 13.3. The van der Waals surface area contributed by atoms with E-state index in [0.29, 0.717) is 0 Å². The van der Waals surface area contributed by atoms with E-state index in [1.54, 1.807) is 3.75 Å². The number of hydrogen-bond donors (Lipinski definition) is 0. The predicted octanol–water partition coefficient (Wildman–Crippen LogP) is 0.663. The van der Waals surface area contributed by atoms with Crippen LogP contribution in [0.15, 0.2) is 0 Å². The molecule has 0 heterocycles. The summed E-state index contributed by atoms with van der Waals surface area (Å²) in [5.41, 5.74) is 0. The average Bonchev–Trinajstić information content (AvgIpc) is 1.31. The van der Waals surface area contributed by atoms with Crippen molar-refractivity contribution < 1.29 is 0 Å². The largest absolute Gasteiger partial charge is 0.258 e. The molecule has 0 aliphatic heterocycles. The Balaban J connectivity index is 3.54. The second kappa shape index (κ2) is 2.50. The SMILES string of the molecule is C[Si](C)(Cl)N([SiH3])Cl. The van der Waals surface area contributed by atoms with Gasteiger partial charge in [-0.15, -0.1) is 11.1 Å². The minimum atomic E-state index is -1.60. The van der Waals surface area contributed by atoms with Gasteiger partial charge in [-0.3, -0.25) is 3.75 Å². The Labute approximate surface area is 58.0 Å². The van der Waals surface area contributed by atoms with Crippen LogP contribution in [0.25, 0.3) is 0 Å². The van der Waals surface area contributed by atoms with E-state index in [1.807, 2.05) is 13.1 Å². The van der Waals surface area contributed by atoms with Gasteiger partial charge in [-0.25, -0.2) is 0 Å². The van der Waals surface area contributed by atoms with Crippen LogP contribution in [-0.4, -0.2) is 21.7 Å². The second-order valence-corrected chi connectivity index (χ2v) is 11.3. The molecule has 0 aliphatic carbocycles. The van der Waals surface area contributed by atoms with Crippen molar-refractivity contribution in [1.82, 2.24) is 3.75 Å². The van der Waals surface area contributed by atoms with Gasteiger partial charge in [0.1, 0.15) is 0 Å². The van der Waals surface area contributed by atoms with Gasteiger partial charge < -0.3 is 0 Å². The monoisotopic (exact) mass is 173 g/mol. The van der Waals surface area contributed by atoms with Crippen LogP contribution in [0.5, 0.6) is 0 Å². The molecule has 0 radical (unpaired) electrons. The fourth-order valence-electron chi connectivity index (χ4n) is 0. The van der Waals surface area contributed by atoms with Crippen molar-refractivity contribution in [2.45, 2.75) is 13.1 Å². The Hall–Kier alpha value is 0.974. The Bertz CT molecular complexity index is 59.2. The highest BCUT2D eigenvalue weighted by molar-refractivity contribution is 7.20. The molecule has 44 valence electrons. The molecule has 0 unspecified atom stereocenters. The van der Waals surface area contributed by atoms with Crippen molar-refractivity contribution in [1.29, 1.82) is 0 Å². The smallest absolute Gasteiger partial charge is 0.229 e. The van der Waals surface area contributed by atoms with Crippen LogP contribution in [0.2, 0.25) is 13.1 Å². The fraction of sp³-hybridized carbons (Fsp3) is 1.00. The molecule has 0 saturated heterocycles. The van der Waals surface area contributed by atoms with Crippen LogP contribution in [0, 0.1) is 0 Å². The lowest BCUT2D eigenvalue weighted by molar-refractivity contribution is 1.10. The van der Waals surface area contributed by atoms with Crippen LogP contribution in [-0.2, 0) is 0 Å². The lowest BCUT2D eigenvalue weighted by Crippen LogP contribution is -2.34. The molecule has 1 nitrogen and oxygen atoms in total. The lowest BCUT2D eigenvalue weighted by Gasteiger charge is -2.18. The maximum atomic E-state index is 5.84. The first kappa shape index (κ1) is 7.97. The van der Waals surface area contributed by atoms with Crippen molar-refractivity contribution in [3.05, 3.63) is 0 Å². The summed E-state index contributed by atoms with van der Waals surface area (Å²) in [5.74, 6) is 0. The van der Waals surface area contributed by atoms with Crippen LogP contribution >= 0.6 is 22.9 Å². The molecule has 0 fully saturated rings. The summed E-state index contributed by atoms with van der Waals surface area (Å²) in [4.78, 5) is 0. The molecule has 7 heavy (non-hydrogen) atoms. The predicted molar refractivity (Wildman–Crippen MR) is 41.0 cm³/mol. The second-order valence-electron chi connectivity index (χ2n) is 1.89. The molecule has 0 bridgehead atoms. The van der Waals surface area contributed by atoms with Crippen LogP contribution in [0.1, 0.15) is 0 Å². The van der Waals surface area contributed by atoms with Crippen molar-refractivity contribution in [2.75, 3.05) is 0 Å². The van der Waals surface area contributed by atoms with Gasteiger partial charge in [0.2, 0.25) is 7.55 Å². The number of rotatable bonds is 1. The average molecular weight is 174 g/mol. The minimum Gasteiger partial charge on any atom is -0.258 e. The van der Waals surface area contributed by atoms with Gasteiger partial charge >= 0.3 is 0 Å². The van der Waals surface area contributed by atoms with E-state index < -0.39 is 7.55 Å². The molecule has 0 aromatic carbocycles. The third kappa shape index (κ3) is 3.55. The molecular weight excluding hydrogens is 165 g/mol. The molecule has 0 aliphatic rings. The first-order chi connectivity index (χ1) is 2.94. The molecule has 0 saturated carbocycles. The zero-order chi connectivity index (χ0) is 6.08. The van der Waals surface area contributed by atoms with E-state index in [2.05, 4.69) is 0 Å². The van der Waals surface area contributed by atoms with Crippen LogP contribution < -0.4 is 0 Å². The number of halogens is 2. The molecule has 0 spiro atoms. The molecule has 0 rings (SSSR count). The standard InChI is InChI=1S/C2H9Cl2NSi2/c1-7(2,4)5(3)6/h1-2,6H3. The lowest BCUT2D eigenvalue weighted by atomic mass is 11.9. The maximum absolute atomic E-state index is 5.84. The summed E-state index contributed by atoms with van der Waals surface area (Å²) >= 11 is 11.4. The van der Waals surface area contributed by atoms with Gasteiger partial charge in [0.25, 0.3) is 0 Å². The van der Waals surface area contributed by atoms with Gasteiger partial charge in [-0.2, -0.15) is 0 Å². The fourth-order valence-corrected chi connectivity index (χ4v) is 0. The van der Waals surface area contributed by atoms with Crippen molar-refractivity contribution in [3.8, 4) is 0 Å². The molecule has 5 heteroatoms. The first-order valence-electron chi connectivity index (χ1n) is 2.03. The third-order valence-electron chi connectivity index (χ3n) is 0.733. The van der Waals surface area contributed by atoms with E-state index >= 15 is 0 Å². The molecule has 0 aromatic rings. The van der Waals surface area contributed by atoms with Gasteiger partial charge in [0.15, 0.2) is 0 Å². The molecule has 0 atom stereocenters. The summed E-state index contributed by atoms with van der Waals surface area (Å²) in [6, 6.07) is 0. The summed E-state index contributed by atoms with van der Waals surface area (Å²) in [5, 5.41) is 0. The Kier molecular flexibility index (Phi) is 2.85. The zero-order valence-electron chi connectivity index (χ0n) is 4.70. The number of hydrogen-bond acceptors (Lipinski definition) is 1. The summed E-state index contributed by atoms with van der Waals surface area (Å²) in [6.07, 6.45) is 0. The van der Waals surface area contributed by atoms with E-state index in [1.165, 1.54) is 0 Å². The van der Waals surface area contributed by atoms with Crippen molar-refractivity contribution in [2.24, 2.45) is 0 Å². The van der Waals surface area contributed by atoms with E-state index in [0.717, 1.165) is 10.4 Å². The highest BCUT2D eigenvalue weighted by Gasteiger charge is 2.20. The van der Waals surface area contributed by atoms with E-state index in [9.17, 15) is 0 Å². The highest BCUT2D eigenvalue weighted by Crippen LogP contribution is 2.12.